The summed E-state index contributed by atoms with van der Waals surface area (Å²) in [5.41, 5.74) is 1.94. The van der Waals surface area contributed by atoms with E-state index in [1.165, 1.54) is 12.1 Å². The zero-order valence-corrected chi connectivity index (χ0v) is 15.9. The van der Waals surface area contributed by atoms with Crippen LogP contribution in [0.5, 0.6) is 5.75 Å². The van der Waals surface area contributed by atoms with E-state index >= 15 is 0 Å². The molecule has 0 bridgehead atoms. The number of rotatable bonds is 5. The maximum atomic E-state index is 13.0. The molecule has 1 saturated heterocycles. The molecule has 0 aromatic heterocycles. The number of hydrogen-bond donors (Lipinski definition) is 1. The highest BCUT2D eigenvalue weighted by atomic mass is 19.1. The number of carbonyl (C=O) groups excluding carboxylic acids is 2. The van der Waals surface area contributed by atoms with Crippen LogP contribution in [-0.2, 0) is 16.0 Å². The number of carbonyl (C=O) groups is 2. The molecule has 0 radical (unpaired) electrons. The third kappa shape index (κ3) is 5.00. The first-order chi connectivity index (χ1) is 13.6. The standard InChI is InChI=1S/C21H24FN3O3/c1-28-19-4-2-3-16(15-19)9-10-23-20(26)21(27)25-13-11-24(12-14-25)18-7-5-17(22)6-8-18/h2-8,15H,9-14H2,1H3,(H,23,26). The summed E-state index contributed by atoms with van der Waals surface area (Å²) in [4.78, 5) is 28.1. The van der Waals surface area contributed by atoms with E-state index in [1.807, 2.05) is 24.3 Å². The molecule has 0 saturated carbocycles. The van der Waals surface area contributed by atoms with Gasteiger partial charge in [-0.15, -0.1) is 0 Å². The second-order valence-electron chi connectivity index (χ2n) is 6.61. The summed E-state index contributed by atoms with van der Waals surface area (Å²) in [6, 6.07) is 13.9. The van der Waals surface area contributed by atoms with Gasteiger partial charge < -0.3 is 19.9 Å². The number of methoxy groups -OCH3 is 1. The lowest BCUT2D eigenvalue weighted by molar-refractivity contribution is -0.146. The van der Waals surface area contributed by atoms with E-state index in [1.54, 1.807) is 24.1 Å². The number of nitrogens with one attached hydrogen (secondary N) is 1. The lowest BCUT2D eigenvalue weighted by Gasteiger charge is -2.35. The summed E-state index contributed by atoms with van der Waals surface area (Å²) >= 11 is 0. The fraction of sp³-hybridized carbons (Fsp3) is 0.333. The van der Waals surface area contributed by atoms with Crippen molar-refractivity contribution >= 4 is 17.5 Å². The normalized spacial score (nSPS) is 13.9. The predicted octanol–water partition coefficient (Wildman–Crippen LogP) is 1.84. The SMILES string of the molecule is COc1cccc(CCNC(=O)C(=O)N2CCN(c3ccc(F)cc3)CC2)c1. The summed E-state index contributed by atoms with van der Waals surface area (Å²) in [5, 5.41) is 2.69. The Morgan fingerprint density at radius 1 is 1.07 bits per heavy atom. The highest BCUT2D eigenvalue weighted by Gasteiger charge is 2.25. The Morgan fingerprint density at radius 3 is 2.46 bits per heavy atom. The Hall–Kier alpha value is -3.09. The summed E-state index contributed by atoms with van der Waals surface area (Å²) in [6.07, 6.45) is 0.620. The van der Waals surface area contributed by atoms with Gasteiger partial charge in [-0.3, -0.25) is 9.59 Å². The molecule has 28 heavy (non-hydrogen) atoms. The van der Waals surface area contributed by atoms with Crippen molar-refractivity contribution in [1.29, 1.82) is 0 Å². The van der Waals surface area contributed by atoms with Crippen LogP contribution in [0.4, 0.5) is 10.1 Å². The Labute approximate surface area is 163 Å². The van der Waals surface area contributed by atoms with Crippen molar-refractivity contribution in [3.8, 4) is 5.75 Å². The van der Waals surface area contributed by atoms with E-state index in [0.29, 0.717) is 39.1 Å². The lowest BCUT2D eigenvalue weighted by atomic mass is 10.1. The maximum absolute atomic E-state index is 13.0. The molecular formula is C21H24FN3O3. The van der Waals surface area contributed by atoms with Gasteiger partial charge in [0.05, 0.1) is 7.11 Å². The Bertz CT molecular complexity index is 818. The number of piperazine rings is 1. The minimum Gasteiger partial charge on any atom is -0.497 e. The fourth-order valence-corrected chi connectivity index (χ4v) is 3.19. The van der Waals surface area contributed by atoms with Gasteiger partial charge in [-0.1, -0.05) is 12.1 Å². The predicted molar refractivity (Wildman–Crippen MR) is 105 cm³/mol. The number of halogens is 1. The van der Waals surface area contributed by atoms with Crippen LogP contribution in [0, 0.1) is 5.82 Å². The molecule has 148 valence electrons. The van der Waals surface area contributed by atoms with Gasteiger partial charge in [-0.2, -0.15) is 0 Å². The van der Waals surface area contributed by atoms with Gasteiger partial charge >= 0.3 is 11.8 Å². The number of anilines is 1. The van der Waals surface area contributed by atoms with E-state index in [9.17, 15) is 14.0 Å². The van der Waals surface area contributed by atoms with Crippen molar-refractivity contribution < 1.29 is 18.7 Å². The summed E-state index contributed by atoms with van der Waals surface area (Å²) in [7, 11) is 1.61. The second-order valence-corrected chi connectivity index (χ2v) is 6.61. The van der Waals surface area contributed by atoms with Gasteiger partial charge in [0.15, 0.2) is 0 Å². The molecule has 1 heterocycles. The van der Waals surface area contributed by atoms with Crippen LogP contribution in [0.15, 0.2) is 48.5 Å². The quantitative estimate of drug-likeness (QED) is 0.798. The second kappa shape index (κ2) is 9.21. The molecule has 0 aliphatic carbocycles. The largest absolute Gasteiger partial charge is 0.497 e. The van der Waals surface area contributed by atoms with Crippen LogP contribution in [0.2, 0.25) is 0 Å². The zero-order valence-electron chi connectivity index (χ0n) is 15.9. The summed E-state index contributed by atoms with van der Waals surface area (Å²) in [6.45, 7) is 2.51. The van der Waals surface area contributed by atoms with Crippen LogP contribution in [0.1, 0.15) is 5.56 Å². The highest BCUT2D eigenvalue weighted by molar-refractivity contribution is 6.35. The minimum atomic E-state index is -0.585. The van der Waals surface area contributed by atoms with Gasteiger partial charge in [0.25, 0.3) is 0 Å². The van der Waals surface area contributed by atoms with Gasteiger partial charge in [-0.05, 0) is 48.4 Å². The van der Waals surface area contributed by atoms with Crippen molar-refractivity contribution in [2.75, 3.05) is 44.7 Å². The van der Waals surface area contributed by atoms with E-state index in [2.05, 4.69) is 10.2 Å². The van der Waals surface area contributed by atoms with Crippen molar-refractivity contribution in [2.45, 2.75) is 6.42 Å². The molecule has 1 aliphatic rings. The number of ether oxygens (including phenoxy) is 1. The van der Waals surface area contributed by atoms with Gasteiger partial charge in [0.2, 0.25) is 0 Å². The van der Waals surface area contributed by atoms with Crippen molar-refractivity contribution in [1.82, 2.24) is 10.2 Å². The van der Waals surface area contributed by atoms with Gasteiger partial charge in [0, 0.05) is 38.4 Å². The molecule has 0 spiro atoms. The average Bonchev–Trinajstić information content (AvgIpc) is 2.74. The molecule has 1 fully saturated rings. The molecule has 0 unspecified atom stereocenters. The fourth-order valence-electron chi connectivity index (χ4n) is 3.19. The third-order valence-corrected chi connectivity index (χ3v) is 4.79. The van der Waals surface area contributed by atoms with Gasteiger partial charge in [-0.25, -0.2) is 4.39 Å². The topological polar surface area (TPSA) is 61.9 Å². The molecule has 2 aromatic carbocycles. The Morgan fingerprint density at radius 2 is 1.79 bits per heavy atom. The summed E-state index contributed by atoms with van der Waals surface area (Å²) < 4.78 is 18.2. The smallest absolute Gasteiger partial charge is 0.312 e. The molecule has 2 aromatic rings. The maximum Gasteiger partial charge on any atom is 0.312 e. The van der Waals surface area contributed by atoms with E-state index < -0.39 is 11.8 Å². The zero-order chi connectivity index (χ0) is 19.9. The number of amides is 2. The molecule has 2 amide bonds. The first kappa shape index (κ1) is 19.7. The van der Waals surface area contributed by atoms with Crippen LogP contribution in [0.3, 0.4) is 0 Å². The Kier molecular flexibility index (Phi) is 6.47. The molecule has 1 N–H and O–H groups in total. The average molecular weight is 385 g/mol. The van der Waals surface area contributed by atoms with Crippen LogP contribution < -0.4 is 15.0 Å². The van der Waals surface area contributed by atoms with Crippen molar-refractivity contribution in [3.63, 3.8) is 0 Å². The summed E-state index contributed by atoms with van der Waals surface area (Å²) in [5.74, 6) is -0.607. The van der Waals surface area contributed by atoms with E-state index in [-0.39, 0.29) is 5.82 Å². The van der Waals surface area contributed by atoms with E-state index in [0.717, 1.165) is 17.0 Å². The van der Waals surface area contributed by atoms with Crippen molar-refractivity contribution in [3.05, 3.63) is 59.9 Å². The van der Waals surface area contributed by atoms with Crippen LogP contribution >= 0.6 is 0 Å². The highest BCUT2D eigenvalue weighted by Crippen LogP contribution is 2.17. The van der Waals surface area contributed by atoms with Gasteiger partial charge in [0.1, 0.15) is 11.6 Å². The molecule has 1 aliphatic heterocycles. The van der Waals surface area contributed by atoms with E-state index in [4.69, 9.17) is 4.74 Å². The minimum absolute atomic E-state index is 0.275. The Balaban J connectivity index is 1.44. The molecule has 7 heteroatoms. The van der Waals surface area contributed by atoms with Crippen molar-refractivity contribution in [2.24, 2.45) is 0 Å². The lowest BCUT2D eigenvalue weighted by Crippen LogP contribution is -2.52. The molecular weight excluding hydrogens is 361 g/mol. The van der Waals surface area contributed by atoms with Crippen LogP contribution in [0.25, 0.3) is 0 Å². The van der Waals surface area contributed by atoms with Crippen LogP contribution in [-0.4, -0.2) is 56.5 Å². The first-order valence-electron chi connectivity index (χ1n) is 9.27. The number of benzene rings is 2. The monoisotopic (exact) mass is 385 g/mol. The first-order valence-corrected chi connectivity index (χ1v) is 9.27. The molecule has 0 atom stereocenters. The third-order valence-electron chi connectivity index (χ3n) is 4.79. The molecule has 6 nitrogen and oxygen atoms in total. The number of hydrogen-bond acceptors (Lipinski definition) is 4. The molecule has 3 rings (SSSR count). The number of nitrogens with zero attached hydrogens (tertiary/aromatic N) is 2.